The zero-order valence-electron chi connectivity index (χ0n) is 82.7. The topological polar surface area (TPSA) is 574 Å². The van der Waals surface area contributed by atoms with E-state index in [1.54, 1.807) is 99.6 Å². The third-order valence-corrected chi connectivity index (χ3v) is 25.6. The highest BCUT2D eigenvalue weighted by Crippen LogP contribution is 2.25. The number of hydrogen-bond donors (Lipinski definition) is 12. The van der Waals surface area contributed by atoms with Gasteiger partial charge in [0.15, 0.2) is 0 Å². The third-order valence-electron chi connectivity index (χ3n) is 19.2. The van der Waals surface area contributed by atoms with Gasteiger partial charge in [-0.1, -0.05) is 219 Å². The number of esters is 6. The molecule has 0 spiro atoms. The van der Waals surface area contributed by atoms with Gasteiger partial charge in [-0.05, 0) is 147 Å². The number of hydrogen-bond acceptors (Lipinski definition) is 36. The largest absolute Gasteiger partial charge is 0.464 e. The summed E-state index contributed by atoms with van der Waals surface area (Å²) in [4.78, 5) is 202. The van der Waals surface area contributed by atoms with Gasteiger partial charge < -0.3 is 94.7 Å². The van der Waals surface area contributed by atoms with Gasteiger partial charge in [-0.2, -0.15) is 0 Å². The molecule has 41 heteroatoms. The second-order valence-corrected chi connectivity index (χ2v) is 40.2. The lowest BCUT2D eigenvalue weighted by atomic mass is 9.98. The Morgan fingerprint density at radius 1 is 0.338 bits per heavy atom. The lowest BCUT2D eigenvalue weighted by Gasteiger charge is -2.25. The van der Waals surface area contributed by atoms with Crippen molar-refractivity contribution in [3.05, 3.63) is 48.2 Å². The maximum atomic E-state index is 12.4. The van der Waals surface area contributed by atoms with Gasteiger partial charge >= 0.3 is 35.8 Å². The van der Waals surface area contributed by atoms with Crippen LogP contribution in [0.15, 0.2) is 42.6 Å². The van der Waals surface area contributed by atoms with Gasteiger partial charge in [0.2, 0.25) is 54.3 Å². The molecule has 0 aliphatic heterocycles. The summed E-state index contributed by atoms with van der Waals surface area (Å²) < 4.78 is 31.2. The first-order valence-corrected chi connectivity index (χ1v) is 51.8. The van der Waals surface area contributed by atoms with Crippen LogP contribution in [-0.4, -0.2) is 241 Å². The zero-order chi connectivity index (χ0) is 102. The number of allylic oxidation sites excluding steroid dienone is 1. The van der Waals surface area contributed by atoms with Crippen molar-refractivity contribution in [3.63, 3.8) is 0 Å². The summed E-state index contributed by atoms with van der Waals surface area (Å²) >= 11 is 5.85. The third kappa shape index (κ3) is 60.2. The molecule has 0 bridgehead atoms. The highest BCUT2D eigenvalue weighted by Gasteiger charge is 2.35. The van der Waals surface area contributed by atoms with Crippen LogP contribution in [0.2, 0.25) is 0 Å². The van der Waals surface area contributed by atoms with Crippen molar-refractivity contribution in [2.24, 2.45) is 69.9 Å². The Morgan fingerprint density at radius 2 is 0.579 bits per heavy atom. The number of carbonyl (C=O) groups is 17. The lowest BCUT2D eigenvalue weighted by molar-refractivity contribution is -0.154. The van der Waals surface area contributed by atoms with Crippen molar-refractivity contribution >= 4 is 167 Å². The van der Waals surface area contributed by atoms with Crippen molar-refractivity contribution in [1.82, 2.24) is 31.9 Å². The Hall–Kier alpha value is -7.19. The van der Waals surface area contributed by atoms with Crippen LogP contribution in [0.3, 0.4) is 0 Å². The van der Waals surface area contributed by atoms with Gasteiger partial charge in [-0.25, -0.2) is 28.8 Å². The van der Waals surface area contributed by atoms with E-state index in [0.717, 1.165) is 122 Å². The summed E-state index contributed by atoms with van der Waals surface area (Å²) in [5, 5.41) is 14.9. The highest BCUT2D eigenvalue weighted by molar-refractivity contribution is 8.15. The minimum atomic E-state index is -0.927. The standard InChI is InChI=1S/C18H26N2O4S.C17H30N2O4S.C16H28N2O4S.2C14H26N2O4S.C13H24N2O3S/c1-11(2)15(19)18(23)25-10-14(17(22)24-12(3)4)20-16(21)13-8-6-5-7-9-13;1-4-14(20)19-13(10-24-17(22)15(18)11(2)3)16(21)23-12-8-6-5-7-9-12;1-4-13(19)18-12(9-23-16(21)14(17)10(2)3)15(20)22-11-7-5-6-8-11;1-6-11(17)16-10(13(18)20-9(4)5)7-21-14(19)12(15)8(2)3;1-5-7-20-13(18)10(16-11(17)6-2)8-21-14(19)12(15)9(3)4;1-6-18-12(16)10(15-9(4)5)7-19-13(17)11(14)8(2)3/h5-9,11-12,14-15H,10,19H2,1-4H3,(H,20,21);11-13,15H,4-10,18H2,1-3H3,(H,19,20);10-12,14H,4-9,17H2,1-3H3,(H,18,19);8-10,12H,6-7,15H2,1-5H3,(H,16,17);9-10,12H,5-8,15H2,1-4H3,(H,16,17);8,10-11,15H,4,6-7,14H2,1-3,5H3/t14-,15-;13-,15-;12-,14-;2*10-,12-;/m00000./s1. The number of carbonyl (C=O) groups excluding carboxylic acids is 17. The summed E-state index contributed by atoms with van der Waals surface area (Å²) in [6, 6.07) is 0.316. The average Bonchev–Trinajstić information content (AvgIpc) is 1.09. The van der Waals surface area contributed by atoms with Gasteiger partial charge in [-0.15, -0.1) is 0 Å². The summed E-state index contributed by atoms with van der Waals surface area (Å²) in [5.41, 5.74) is 35.8. The van der Waals surface area contributed by atoms with Gasteiger partial charge in [0.1, 0.15) is 48.5 Å². The van der Waals surface area contributed by atoms with E-state index in [-0.39, 0.29) is 180 Å². The minimum absolute atomic E-state index is 0.0000227. The number of benzene rings is 1. The first-order chi connectivity index (χ1) is 62.2. The van der Waals surface area contributed by atoms with E-state index < -0.39 is 108 Å². The fourth-order valence-corrected chi connectivity index (χ4v) is 16.5. The fourth-order valence-electron chi connectivity index (χ4n) is 10.4. The van der Waals surface area contributed by atoms with Gasteiger partial charge in [0.25, 0.3) is 5.91 Å². The molecule has 2 unspecified atom stereocenters. The van der Waals surface area contributed by atoms with Crippen LogP contribution in [0, 0.1) is 35.5 Å². The summed E-state index contributed by atoms with van der Waals surface area (Å²) in [7, 11) is 0. The molecule has 2 aliphatic rings. The molecule has 12 atom stereocenters. The second-order valence-electron chi connectivity index (χ2n) is 34.1. The van der Waals surface area contributed by atoms with Crippen molar-refractivity contribution in [2.75, 3.05) is 47.7 Å². The molecule has 762 valence electrons. The maximum absolute atomic E-state index is 12.4. The normalized spacial score (nSPS) is 15.2. The highest BCUT2D eigenvalue weighted by atomic mass is 32.2. The van der Waals surface area contributed by atoms with Crippen molar-refractivity contribution in [1.29, 1.82) is 0 Å². The number of ether oxygens (including phenoxy) is 6. The molecule has 2 fully saturated rings. The monoisotopic (exact) mass is 1990 g/mol. The predicted octanol–water partition coefficient (Wildman–Crippen LogP) is 9.03. The van der Waals surface area contributed by atoms with E-state index in [2.05, 4.69) is 38.5 Å². The second kappa shape index (κ2) is 74.0. The zero-order valence-corrected chi connectivity index (χ0v) is 87.6. The molecule has 0 saturated heterocycles. The predicted molar refractivity (Wildman–Crippen MR) is 532 cm³/mol. The molecule has 2 aliphatic carbocycles. The van der Waals surface area contributed by atoms with Gasteiger partial charge in [-0.3, -0.25) is 52.7 Å². The molecule has 0 heterocycles. The molecular formula is C92H160N12O23S6. The summed E-state index contributed by atoms with van der Waals surface area (Å²) in [6.07, 6.45) is 9.89. The average molecular weight is 1990 g/mol. The molecule has 0 aromatic heterocycles. The van der Waals surface area contributed by atoms with Crippen LogP contribution >= 0.6 is 70.6 Å². The number of rotatable bonds is 49. The quantitative estimate of drug-likeness (QED) is 0.0214. The molecule has 1 aromatic carbocycles. The molecule has 35 nitrogen and oxygen atoms in total. The number of thioether (sulfide) groups is 6. The molecule has 2 saturated carbocycles. The molecule has 18 N–H and O–H groups in total. The Bertz CT molecular complexity index is 3710. The molecule has 3 rings (SSSR count). The Balaban J connectivity index is -0.00000153. The molecule has 1 aromatic rings. The van der Waals surface area contributed by atoms with E-state index in [1.165, 1.54) is 6.42 Å². The minimum Gasteiger partial charge on any atom is -0.464 e. The molecule has 0 radical (unpaired) electrons. The van der Waals surface area contributed by atoms with E-state index in [0.29, 0.717) is 30.9 Å². The fraction of sp³-hybridized carbons (Fsp3) is 0.728. The van der Waals surface area contributed by atoms with Crippen molar-refractivity contribution in [2.45, 2.75) is 346 Å². The number of amides is 5. The van der Waals surface area contributed by atoms with Gasteiger partial charge in [0.05, 0.1) is 61.7 Å². The summed E-state index contributed by atoms with van der Waals surface area (Å²) in [6.45, 7) is 45.7. The molecular weight excluding hydrogens is 1830 g/mol. The molecule has 133 heavy (non-hydrogen) atoms. The van der Waals surface area contributed by atoms with Crippen molar-refractivity contribution in [3.8, 4) is 0 Å². The van der Waals surface area contributed by atoms with Crippen LogP contribution in [0.5, 0.6) is 0 Å². The first-order valence-electron chi connectivity index (χ1n) is 45.9. The number of nitrogens with one attached hydrogen (secondary N) is 6. The SMILES string of the molecule is C=C(C)NC(CSC(=O)C(N)C(C)C)C(=O)OCC.CC(C)OC(=O)[C@H](CSC(=O)[C@@H](N)C(C)C)NC(=O)c1ccccc1.CCC(=O)N[C@@H](CSC(=O)[C@@H](N)C(C)C)C(=O)OC(C)C.CCC(=O)N[C@@H](CSC(=O)[C@@H](N)C(C)C)C(=O)OC1CCCC1.CCC(=O)N[C@@H](CSC(=O)[C@@H](N)C(C)C)C(=O)OC1CCCCC1.CCCOC(=O)[C@H](CSC(=O)[C@@H](N)C(C)C)NC(=O)CC. The van der Waals surface area contributed by atoms with Crippen LogP contribution in [0.4, 0.5) is 0 Å². The maximum Gasteiger partial charge on any atom is 0.329 e. The number of nitrogens with two attached hydrogens (primary N) is 6. The Kier molecular flexibility index (Phi) is 72.3. The molecule has 5 amide bonds. The van der Waals surface area contributed by atoms with E-state index in [4.69, 9.17) is 62.8 Å². The Labute approximate surface area is 815 Å². The smallest absolute Gasteiger partial charge is 0.329 e. The summed E-state index contributed by atoms with van der Waals surface area (Å²) in [5.74, 6) is -3.21. The first kappa shape index (κ1) is 130. The van der Waals surface area contributed by atoms with Gasteiger partial charge in [0, 0.05) is 71.5 Å². The Morgan fingerprint density at radius 3 is 0.820 bits per heavy atom. The van der Waals surface area contributed by atoms with Crippen LogP contribution in [0.25, 0.3) is 0 Å². The van der Waals surface area contributed by atoms with E-state index in [9.17, 15) is 81.5 Å². The van der Waals surface area contributed by atoms with E-state index in [1.807, 2.05) is 90.0 Å². The van der Waals surface area contributed by atoms with Crippen molar-refractivity contribution < 1.29 is 110 Å². The lowest BCUT2D eigenvalue weighted by Crippen LogP contribution is -2.45. The van der Waals surface area contributed by atoms with E-state index >= 15 is 0 Å². The van der Waals surface area contributed by atoms with Crippen LogP contribution in [0.1, 0.15) is 259 Å². The van der Waals surface area contributed by atoms with Crippen LogP contribution in [-0.2, 0) is 105 Å². The van der Waals surface area contributed by atoms with Crippen LogP contribution < -0.4 is 66.3 Å².